The highest BCUT2D eigenvalue weighted by Gasteiger charge is 2.21. The second-order valence-corrected chi connectivity index (χ2v) is 6.44. The molecular formula is C18H28N2O2. The Kier molecular flexibility index (Phi) is 5.98. The highest BCUT2D eigenvalue weighted by Crippen LogP contribution is 2.19. The number of benzene rings is 1. The highest BCUT2D eigenvalue weighted by atomic mass is 16.5. The van der Waals surface area contributed by atoms with Crippen molar-refractivity contribution in [3.05, 3.63) is 29.3 Å². The quantitative estimate of drug-likeness (QED) is 0.908. The Morgan fingerprint density at radius 1 is 1.23 bits per heavy atom. The van der Waals surface area contributed by atoms with Crippen LogP contribution in [0, 0.1) is 13.8 Å². The third-order valence-electron chi connectivity index (χ3n) is 4.12. The molecule has 22 heavy (non-hydrogen) atoms. The van der Waals surface area contributed by atoms with Gasteiger partial charge >= 0.3 is 0 Å². The van der Waals surface area contributed by atoms with Gasteiger partial charge in [0, 0.05) is 25.2 Å². The van der Waals surface area contributed by atoms with Crippen LogP contribution >= 0.6 is 0 Å². The van der Waals surface area contributed by atoms with Gasteiger partial charge in [0.2, 0.25) is 5.91 Å². The molecule has 0 bridgehead atoms. The lowest BCUT2D eigenvalue weighted by Gasteiger charge is -2.35. The van der Waals surface area contributed by atoms with Crippen LogP contribution in [-0.4, -0.2) is 42.6 Å². The molecule has 122 valence electrons. The smallest absolute Gasteiger partial charge is 0.224 e. The number of carbonyl (C=O) groups is 1. The number of anilines is 1. The Bertz CT molecular complexity index is 486. The first-order chi connectivity index (χ1) is 10.5. The fourth-order valence-electron chi connectivity index (χ4n) is 3.14. The molecule has 0 aromatic heterocycles. The number of para-hydroxylation sites is 1. The summed E-state index contributed by atoms with van der Waals surface area (Å²) in [5, 5.41) is 3.05. The normalized spacial score (nSPS) is 22.5. The number of carbonyl (C=O) groups excluding carboxylic acids is 1. The van der Waals surface area contributed by atoms with Crippen LogP contribution in [0.15, 0.2) is 18.2 Å². The maximum Gasteiger partial charge on any atom is 0.224 e. The number of nitrogens with one attached hydrogen (secondary N) is 1. The number of rotatable bonds is 5. The molecule has 0 saturated carbocycles. The molecule has 1 aromatic carbocycles. The molecular weight excluding hydrogens is 276 g/mol. The molecule has 1 aromatic rings. The molecule has 2 rings (SSSR count). The minimum Gasteiger partial charge on any atom is -0.373 e. The monoisotopic (exact) mass is 304 g/mol. The van der Waals surface area contributed by atoms with E-state index >= 15 is 0 Å². The average molecular weight is 304 g/mol. The zero-order chi connectivity index (χ0) is 16.1. The zero-order valence-corrected chi connectivity index (χ0v) is 14.2. The largest absolute Gasteiger partial charge is 0.373 e. The molecule has 0 spiro atoms. The fraction of sp³-hybridized carbons (Fsp3) is 0.611. The van der Waals surface area contributed by atoms with Crippen molar-refractivity contribution in [2.45, 2.75) is 52.7 Å². The molecule has 1 heterocycles. The molecule has 1 N–H and O–H groups in total. The van der Waals surface area contributed by atoms with Crippen LogP contribution in [0.5, 0.6) is 0 Å². The molecule has 4 heteroatoms. The number of ether oxygens (including phenoxy) is 1. The summed E-state index contributed by atoms with van der Waals surface area (Å²) in [7, 11) is 0. The molecule has 0 unspecified atom stereocenters. The van der Waals surface area contributed by atoms with E-state index in [0.717, 1.165) is 42.9 Å². The number of aryl methyl sites for hydroxylation is 2. The molecule has 0 radical (unpaired) electrons. The first-order valence-electron chi connectivity index (χ1n) is 8.19. The van der Waals surface area contributed by atoms with E-state index in [9.17, 15) is 4.79 Å². The van der Waals surface area contributed by atoms with Crippen LogP contribution in [-0.2, 0) is 9.53 Å². The Morgan fingerprint density at radius 2 is 1.82 bits per heavy atom. The lowest BCUT2D eigenvalue weighted by molar-refractivity contribution is -0.116. The van der Waals surface area contributed by atoms with Gasteiger partial charge in [0.1, 0.15) is 0 Å². The van der Waals surface area contributed by atoms with Gasteiger partial charge in [0.05, 0.1) is 12.2 Å². The summed E-state index contributed by atoms with van der Waals surface area (Å²) in [4.78, 5) is 14.5. The van der Waals surface area contributed by atoms with Crippen LogP contribution in [0.3, 0.4) is 0 Å². The second kappa shape index (κ2) is 7.75. The second-order valence-electron chi connectivity index (χ2n) is 6.44. The molecule has 1 aliphatic rings. The van der Waals surface area contributed by atoms with Crippen LogP contribution in [0.1, 0.15) is 37.8 Å². The standard InChI is InChI=1S/C18H28N2O2/c1-13-7-5-8-14(2)18(13)19-17(21)9-6-10-20-11-15(3)22-16(4)12-20/h5,7-8,15-16H,6,9-12H2,1-4H3,(H,19,21)/t15-,16-/m1/s1. The van der Waals surface area contributed by atoms with Crippen molar-refractivity contribution in [2.75, 3.05) is 25.0 Å². The molecule has 0 aliphatic carbocycles. The summed E-state index contributed by atoms with van der Waals surface area (Å²) in [5.41, 5.74) is 3.19. The number of hydrogen-bond acceptors (Lipinski definition) is 3. The van der Waals surface area contributed by atoms with Crippen molar-refractivity contribution in [3.63, 3.8) is 0 Å². The van der Waals surface area contributed by atoms with Crippen LogP contribution in [0.4, 0.5) is 5.69 Å². The summed E-state index contributed by atoms with van der Waals surface area (Å²) in [6.45, 7) is 11.1. The van der Waals surface area contributed by atoms with Gasteiger partial charge in [-0.25, -0.2) is 0 Å². The molecule has 4 nitrogen and oxygen atoms in total. The van der Waals surface area contributed by atoms with Crippen molar-refractivity contribution in [1.82, 2.24) is 4.90 Å². The van der Waals surface area contributed by atoms with E-state index in [1.165, 1.54) is 0 Å². The average Bonchev–Trinajstić information content (AvgIpc) is 2.42. The predicted molar refractivity (Wildman–Crippen MR) is 90.2 cm³/mol. The fourth-order valence-corrected chi connectivity index (χ4v) is 3.14. The van der Waals surface area contributed by atoms with Gasteiger partial charge in [0.25, 0.3) is 0 Å². The Labute approximate surface area is 133 Å². The van der Waals surface area contributed by atoms with Crippen LogP contribution < -0.4 is 5.32 Å². The van der Waals surface area contributed by atoms with Crippen molar-refractivity contribution in [1.29, 1.82) is 0 Å². The van der Waals surface area contributed by atoms with Gasteiger partial charge in [-0.15, -0.1) is 0 Å². The first-order valence-corrected chi connectivity index (χ1v) is 8.19. The summed E-state index contributed by atoms with van der Waals surface area (Å²) in [5.74, 6) is 0.103. The van der Waals surface area contributed by atoms with E-state index in [2.05, 4.69) is 24.1 Å². The summed E-state index contributed by atoms with van der Waals surface area (Å²) in [6, 6.07) is 6.07. The van der Waals surface area contributed by atoms with Crippen molar-refractivity contribution >= 4 is 11.6 Å². The summed E-state index contributed by atoms with van der Waals surface area (Å²) in [6.07, 6.45) is 2.02. The number of hydrogen-bond donors (Lipinski definition) is 1. The summed E-state index contributed by atoms with van der Waals surface area (Å²) >= 11 is 0. The maximum atomic E-state index is 12.1. The van der Waals surface area contributed by atoms with Gasteiger partial charge in [-0.3, -0.25) is 9.69 Å². The Balaban J connectivity index is 1.76. The van der Waals surface area contributed by atoms with Crippen molar-refractivity contribution in [3.8, 4) is 0 Å². The molecule has 1 fully saturated rings. The Morgan fingerprint density at radius 3 is 2.41 bits per heavy atom. The molecule has 2 atom stereocenters. The van der Waals surface area contributed by atoms with Gasteiger partial charge in [0.15, 0.2) is 0 Å². The Hall–Kier alpha value is -1.39. The zero-order valence-electron chi connectivity index (χ0n) is 14.2. The first kappa shape index (κ1) is 17.0. The number of amides is 1. The predicted octanol–water partition coefficient (Wildman–Crippen LogP) is 3.13. The lowest BCUT2D eigenvalue weighted by Crippen LogP contribution is -2.45. The van der Waals surface area contributed by atoms with Crippen molar-refractivity contribution < 1.29 is 9.53 Å². The SMILES string of the molecule is Cc1cccc(C)c1NC(=O)CCCN1C[C@@H](C)O[C@H](C)C1. The van der Waals surface area contributed by atoms with Gasteiger partial charge in [-0.1, -0.05) is 18.2 Å². The molecule has 1 amide bonds. The number of nitrogens with zero attached hydrogens (tertiary/aromatic N) is 1. The minimum absolute atomic E-state index is 0.103. The minimum atomic E-state index is 0.103. The number of morpholine rings is 1. The van der Waals surface area contributed by atoms with E-state index in [4.69, 9.17) is 4.74 Å². The van der Waals surface area contributed by atoms with Crippen LogP contribution in [0.2, 0.25) is 0 Å². The third-order valence-corrected chi connectivity index (χ3v) is 4.12. The molecule has 1 saturated heterocycles. The van der Waals surface area contributed by atoms with Gasteiger partial charge in [-0.05, 0) is 51.8 Å². The van der Waals surface area contributed by atoms with Crippen molar-refractivity contribution in [2.24, 2.45) is 0 Å². The van der Waals surface area contributed by atoms with Gasteiger partial charge in [-0.2, -0.15) is 0 Å². The third kappa shape index (κ3) is 4.82. The summed E-state index contributed by atoms with van der Waals surface area (Å²) < 4.78 is 5.73. The van der Waals surface area contributed by atoms with E-state index in [-0.39, 0.29) is 18.1 Å². The van der Waals surface area contributed by atoms with Gasteiger partial charge < -0.3 is 10.1 Å². The van der Waals surface area contributed by atoms with E-state index < -0.39 is 0 Å². The van der Waals surface area contributed by atoms with E-state index in [1.54, 1.807) is 0 Å². The highest BCUT2D eigenvalue weighted by molar-refractivity contribution is 5.92. The van der Waals surface area contributed by atoms with E-state index in [0.29, 0.717) is 6.42 Å². The topological polar surface area (TPSA) is 41.6 Å². The molecule has 1 aliphatic heterocycles. The maximum absolute atomic E-state index is 12.1. The van der Waals surface area contributed by atoms with Crippen LogP contribution in [0.25, 0.3) is 0 Å². The lowest BCUT2D eigenvalue weighted by atomic mass is 10.1. The van der Waals surface area contributed by atoms with E-state index in [1.807, 2.05) is 32.0 Å².